The summed E-state index contributed by atoms with van der Waals surface area (Å²) < 4.78 is 17.4. The summed E-state index contributed by atoms with van der Waals surface area (Å²) in [4.78, 5) is 10.4. The zero-order chi connectivity index (χ0) is 9.14. The van der Waals surface area contributed by atoms with E-state index in [4.69, 9.17) is 5.11 Å². The van der Waals surface area contributed by atoms with Crippen molar-refractivity contribution in [3.63, 3.8) is 0 Å². The molecular formula is C8H7FO3. The third-order valence-corrected chi connectivity index (χ3v) is 1.45. The summed E-state index contributed by atoms with van der Waals surface area (Å²) in [5, 5.41) is 9.07. The Morgan fingerprint density at radius 3 is 2.67 bits per heavy atom. The second kappa shape index (κ2) is 3.21. The molecule has 0 aliphatic heterocycles. The number of methoxy groups -OCH3 is 1. The molecule has 1 rings (SSSR count). The first-order valence-corrected chi connectivity index (χ1v) is 3.21. The van der Waals surface area contributed by atoms with Crippen LogP contribution in [0.25, 0.3) is 0 Å². The Morgan fingerprint density at radius 2 is 2.25 bits per heavy atom. The van der Waals surface area contributed by atoms with Gasteiger partial charge in [0.25, 0.3) is 0 Å². The fourth-order valence-electron chi connectivity index (χ4n) is 0.884. The van der Waals surface area contributed by atoms with Crippen molar-refractivity contribution in [2.45, 2.75) is 0 Å². The van der Waals surface area contributed by atoms with E-state index < -0.39 is 5.82 Å². The number of hydrogen-bond donors (Lipinski definition) is 1. The first-order valence-electron chi connectivity index (χ1n) is 3.21. The number of rotatable bonds is 2. The van der Waals surface area contributed by atoms with Crippen molar-refractivity contribution in [3.8, 4) is 11.5 Å². The molecule has 0 atom stereocenters. The number of phenolic OH excluding ortho intramolecular Hbond substituents is 1. The number of hydrogen-bond acceptors (Lipinski definition) is 3. The highest BCUT2D eigenvalue weighted by molar-refractivity contribution is 5.83. The van der Waals surface area contributed by atoms with Crippen LogP contribution in [0, 0.1) is 5.82 Å². The van der Waals surface area contributed by atoms with Crippen LogP contribution in [0.5, 0.6) is 11.5 Å². The van der Waals surface area contributed by atoms with E-state index in [2.05, 4.69) is 4.74 Å². The molecule has 1 aromatic rings. The highest BCUT2D eigenvalue weighted by atomic mass is 19.1. The Kier molecular flexibility index (Phi) is 2.28. The minimum atomic E-state index is -0.669. The summed E-state index contributed by atoms with van der Waals surface area (Å²) in [5.41, 5.74) is -0.169. The number of halogens is 1. The Labute approximate surface area is 68.4 Å². The van der Waals surface area contributed by atoms with Gasteiger partial charge in [0.05, 0.1) is 7.11 Å². The SMILES string of the molecule is COc1c(F)ccc(O)c1C=O. The molecule has 1 N–H and O–H groups in total. The summed E-state index contributed by atoms with van der Waals surface area (Å²) in [6.45, 7) is 0. The first kappa shape index (κ1) is 8.52. The molecule has 12 heavy (non-hydrogen) atoms. The first-order chi connectivity index (χ1) is 5.70. The van der Waals surface area contributed by atoms with Gasteiger partial charge in [0.1, 0.15) is 11.3 Å². The van der Waals surface area contributed by atoms with E-state index in [1.54, 1.807) is 0 Å². The quantitative estimate of drug-likeness (QED) is 0.681. The van der Waals surface area contributed by atoms with Gasteiger partial charge in [0, 0.05) is 0 Å². The van der Waals surface area contributed by atoms with Crippen molar-refractivity contribution >= 4 is 6.29 Å². The monoisotopic (exact) mass is 170 g/mol. The predicted octanol–water partition coefficient (Wildman–Crippen LogP) is 1.35. The van der Waals surface area contributed by atoms with Gasteiger partial charge in [-0.05, 0) is 12.1 Å². The fraction of sp³-hybridized carbons (Fsp3) is 0.125. The molecule has 0 amide bonds. The van der Waals surface area contributed by atoms with Crippen molar-refractivity contribution in [1.82, 2.24) is 0 Å². The van der Waals surface area contributed by atoms with Gasteiger partial charge in [0.15, 0.2) is 17.9 Å². The molecule has 0 radical (unpaired) electrons. The summed E-state index contributed by atoms with van der Waals surface area (Å²) in [6.07, 6.45) is 0.344. The lowest BCUT2D eigenvalue weighted by Gasteiger charge is -2.05. The number of aromatic hydroxyl groups is 1. The van der Waals surface area contributed by atoms with Crippen LogP contribution in [0.15, 0.2) is 12.1 Å². The lowest BCUT2D eigenvalue weighted by Crippen LogP contribution is -1.94. The second-order valence-electron chi connectivity index (χ2n) is 2.13. The summed E-state index contributed by atoms with van der Waals surface area (Å²) >= 11 is 0. The molecule has 0 heterocycles. The smallest absolute Gasteiger partial charge is 0.168 e. The van der Waals surface area contributed by atoms with Crippen molar-refractivity contribution in [2.75, 3.05) is 7.11 Å². The van der Waals surface area contributed by atoms with Crippen LogP contribution in [0.2, 0.25) is 0 Å². The van der Waals surface area contributed by atoms with Gasteiger partial charge in [-0.2, -0.15) is 0 Å². The highest BCUT2D eigenvalue weighted by Gasteiger charge is 2.12. The zero-order valence-corrected chi connectivity index (χ0v) is 6.37. The van der Waals surface area contributed by atoms with E-state index in [9.17, 15) is 9.18 Å². The van der Waals surface area contributed by atoms with Crippen LogP contribution in [0.1, 0.15) is 10.4 Å². The van der Waals surface area contributed by atoms with Crippen molar-refractivity contribution in [2.24, 2.45) is 0 Å². The average Bonchev–Trinajstić information content (AvgIpc) is 2.08. The lowest BCUT2D eigenvalue weighted by molar-refractivity contribution is 0.111. The standard InChI is InChI=1S/C8H7FO3/c1-12-8-5(4-10)7(11)3-2-6(8)9/h2-4,11H,1H3. The maximum atomic E-state index is 12.8. The van der Waals surface area contributed by atoms with Crippen LogP contribution < -0.4 is 4.74 Å². The fourth-order valence-corrected chi connectivity index (χ4v) is 0.884. The van der Waals surface area contributed by atoms with E-state index in [0.717, 1.165) is 12.1 Å². The van der Waals surface area contributed by atoms with Gasteiger partial charge in [-0.25, -0.2) is 4.39 Å². The Bertz CT molecular complexity index is 309. The molecule has 0 aliphatic rings. The van der Waals surface area contributed by atoms with Crippen molar-refractivity contribution in [1.29, 1.82) is 0 Å². The molecule has 1 aromatic carbocycles. The third kappa shape index (κ3) is 1.23. The van der Waals surface area contributed by atoms with Crippen LogP contribution in [0.3, 0.4) is 0 Å². The van der Waals surface area contributed by atoms with Gasteiger partial charge in [-0.3, -0.25) is 4.79 Å². The molecule has 0 spiro atoms. The number of carbonyl (C=O) groups excluding carboxylic acids is 1. The van der Waals surface area contributed by atoms with Gasteiger partial charge >= 0.3 is 0 Å². The molecule has 0 aromatic heterocycles. The zero-order valence-electron chi connectivity index (χ0n) is 6.37. The van der Waals surface area contributed by atoms with E-state index in [0.29, 0.717) is 6.29 Å². The van der Waals surface area contributed by atoms with Gasteiger partial charge in [-0.1, -0.05) is 0 Å². The van der Waals surface area contributed by atoms with Crippen LogP contribution in [-0.4, -0.2) is 18.5 Å². The molecule has 3 nitrogen and oxygen atoms in total. The topological polar surface area (TPSA) is 46.5 Å². The Hall–Kier alpha value is -1.58. The van der Waals surface area contributed by atoms with Crippen LogP contribution in [-0.2, 0) is 0 Å². The van der Waals surface area contributed by atoms with Gasteiger partial charge < -0.3 is 9.84 Å². The lowest BCUT2D eigenvalue weighted by atomic mass is 10.2. The minimum absolute atomic E-state index is 0.169. The summed E-state index contributed by atoms with van der Waals surface area (Å²) in [5.74, 6) is -1.19. The van der Waals surface area contributed by atoms with Crippen LogP contribution in [0.4, 0.5) is 4.39 Å². The number of aldehydes is 1. The summed E-state index contributed by atoms with van der Waals surface area (Å²) in [7, 11) is 1.23. The summed E-state index contributed by atoms with van der Waals surface area (Å²) in [6, 6.07) is 2.13. The number of benzene rings is 1. The minimum Gasteiger partial charge on any atom is -0.507 e. The molecule has 0 saturated heterocycles. The molecule has 0 unspecified atom stereocenters. The number of ether oxygens (including phenoxy) is 1. The van der Waals surface area contributed by atoms with E-state index >= 15 is 0 Å². The van der Waals surface area contributed by atoms with Gasteiger partial charge in [-0.15, -0.1) is 0 Å². The van der Waals surface area contributed by atoms with E-state index in [1.807, 2.05) is 0 Å². The third-order valence-electron chi connectivity index (χ3n) is 1.45. The molecule has 0 bridgehead atoms. The van der Waals surface area contributed by atoms with Gasteiger partial charge in [0.2, 0.25) is 0 Å². The van der Waals surface area contributed by atoms with Crippen LogP contribution >= 0.6 is 0 Å². The Morgan fingerprint density at radius 1 is 1.58 bits per heavy atom. The highest BCUT2D eigenvalue weighted by Crippen LogP contribution is 2.28. The largest absolute Gasteiger partial charge is 0.507 e. The van der Waals surface area contributed by atoms with E-state index in [-0.39, 0.29) is 17.1 Å². The second-order valence-corrected chi connectivity index (χ2v) is 2.13. The van der Waals surface area contributed by atoms with E-state index in [1.165, 1.54) is 7.11 Å². The average molecular weight is 170 g/mol. The molecular weight excluding hydrogens is 163 g/mol. The number of carbonyl (C=O) groups is 1. The van der Waals surface area contributed by atoms with Crippen molar-refractivity contribution < 1.29 is 19.0 Å². The normalized spacial score (nSPS) is 9.50. The number of phenols is 1. The molecule has 0 saturated carbocycles. The maximum Gasteiger partial charge on any atom is 0.168 e. The molecule has 64 valence electrons. The molecule has 0 aliphatic carbocycles. The predicted molar refractivity (Wildman–Crippen MR) is 40.0 cm³/mol. The Balaban J connectivity index is 3.38. The molecule has 4 heteroatoms. The van der Waals surface area contributed by atoms with Crippen molar-refractivity contribution in [3.05, 3.63) is 23.5 Å². The maximum absolute atomic E-state index is 12.8. The molecule has 0 fully saturated rings.